The Hall–Kier alpha value is -2.54. The van der Waals surface area contributed by atoms with Crippen molar-refractivity contribution < 1.29 is 9.13 Å². The van der Waals surface area contributed by atoms with E-state index in [1.807, 2.05) is 31.2 Å². The van der Waals surface area contributed by atoms with Crippen molar-refractivity contribution >= 4 is 5.69 Å². The second-order valence-electron chi connectivity index (χ2n) is 4.46. The molecule has 102 valence electrons. The van der Waals surface area contributed by atoms with E-state index in [1.54, 1.807) is 13.2 Å². The van der Waals surface area contributed by atoms with Gasteiger partial charge in [-0.25, -0.2) is 4.39 Å². The minimum atomic E-state index is -0.502. The topological polar surface area (TPSA) is 45.0 Å². The zero-order valence-electron chi connectivity index (χ0n) is 11.4. The van der Waals surface area contributed by atoms with Crippen LogP contribution in [-0.4, -0.2) is 7.11 Å². The number of rotatable bonds is 4. The summed E-state index contributed by atoms with van der Waals surface area (Å²) in [7, 11) is 1.64. The van der Waals surface area contributed by atoms with Gasteiger partial charge in [-0.15, -0.1) is 0 Å². The maximum atomic E-state index is 13.2. The van der Waals surface area contributed by atoms with Crippen molar-refractivity contribution in [3.63, 3.8) is 0 Å². The highest BCUT2D eigenvalue weighted by Gasteiger charge is 2.03. The maximum absolute atomic E-state index is 13.2. The van der Waals surface area contributed by atoms with Gasteiger partial charge in [0, 0.05) is 12.2 Å². The predicted molar refractivity (Wildman–Crippen MR) is 76.2 cm³/mol. The Morgan fingerprint density at radius 2 is 2.05 bits per heavy atom. The number of anilines is 1. The summed E-state index contributed by atoms with van der Waals surface area (Å²) in [6.45, 7) is 2.58. The van der Waals surface area contributed by atoms with Crippen LogP contribution >= 0.6 is 0 Å². The largest absolute Gasteiger partial charge is 0.496 e. The molecule has 0 amide bonds. The zero-order chi connectivity index (χ0) is 14.5. The number of ether oxygens (including phenoxy) is 1. The van der Waals surface area contributed by atoms with Gasteiger partial charge in [0.05, 0.1) is 12.7 Å². The van der Waals surface area contributed by atoms with E-state index in [2.05, 4.69) is 5.32 Å². The summed E-state index contributed by atoms with van der Waals surface area (Å²) < 4.78 is 18.4. The zero-order valence-corrected chi connectivity index (χ0v) is 11.4. The molecule has 4 heteroatoms. The molecule has 0 heterocycles. The lowest BCUT2D eigenvalue weighted by Gasteiger charge is -2.10. The third-order valence-electron chi connectivity index (χ3n) is 3.04. The highest BCUT2D eigenvalue weighted by Crippen LogP contribution is 2.20. The molecule has 0 aliphatic heterocycles. The monoisotopic (exact) mass is 270 g/mol. The fraction of sp³-hybridized carbons (Fsp3) is 0.188. The Morgan fingerprint density at radius 3 is 2.70 bits per heavy atom. The third-order valence-corrected chi connectivity index (χ3v) is 3.04. The molecule has 0 aromatic heterocycles. The number of nitrogens with one attached hydrogen (secondary N) is 1. The number of halogens is 1. The second-order valence-corrected chi connectivity index (χ2v) is 4.46. The van der Waals surface area contributed by atoms with Crippen LogP contribution in [0.3, 0.4) is 0 Å². The molecule has 2 rings (SSSR count). The molecule has 0 fully saturated rings. The van der Waals surface area contributed by atoms with Gasteiger partial charge >= 0.3 is 0 Å². The molecule has 2 aromatic rings. The van der Waals surface area contributed by atoms with Crippen molar-refractivity contribution in [3.8, 4) is 11.8 Å². The number of aryl methyl sites for hydroxylation is 1. The van der Waals surface area contributed by atoms with Crippen LogP contribution in [-0.2, 0) is 6.54 Å². The molecule has 0 spiro atoms. The lowest BCUT2D eigenvalue weighted by Crippen LogP contribution is -2.01. The van der Waals surface area contributed by atoms with Gasteiger partial charge in [0.25, 0.3) is 0 Å². The molecule has 0 aliphatic carbocycles. The van der Waals surface area contributed by atoms with Gasteiger partial charge in [0.1, 0.15) is 17.6 Å². The van der Waals surface area contributed by atoms with Crippen LogP contribution in [0.15, 0.2) is 36.4 Å². The van der Waals surface area contributed by atoms with Crippen LogP contribution in [0, 0.1) is 24.1 Å². The Kier molecular flexibility index (Phi) is 4.21. The average Bonchev–Trinajstić information content (AvgIpc) is 2.46. The summed E-state index contributed by atoms with van der Waals surface area (Å²) in [5.74, 6) is 0.348. The third kappa shape index (κ3) is 3.07. The van der Waals surface area contributed by atoms with Crippen LogP contribution in [0.25, 0.3) is 0 Å². The van der Waals surface area contributed by atoms with Gasteiger partial charge in [-0.3, -0.25) is 0 Å². The first-order valence-corrected chi connectivity index (χ1v) is 6.21. The number of hydrogen-bond acceptors (Lipinski definition) is 3. The normalized spacial score (nSPS) is 9.90. The van der Waals surface area contributed by atoms with E-state index < -0.39 is 5.82 Å². The van der Waals surface area contributed by atoms with Gasteiger partial charge in [0.15, 0.2) is 0 Å². The molecule has 0 aliphatic rings. The van der Waals surface area contributed by atoms with Crippen LogP contribution < -0.4 is 10.1 Å². The first kappa shape index (κ1) is 13.9. The van der Waals surface area contributed by atoms with E-state index in [1.165, 1.54) is 12.1 Å². The average molecular weight is 270 g/mol. The SMILES string of the molecule is COc1ccc(CNc2ccc(F)c(C#N)c2)cc1C. The summed E-state index contributed by atoms with van der Waals surface area (Å²) in [5, 5.41) is 12.0. The Balaban J connectivity index is 2.09. The van der Waals surface area contributed by atoms with E-state index in [-0.39, 0.29) is 5.56 Å². The summed E-state index contributed by atoms with van der Waals surface area (Å²) >= 11 is 0. The lowest BCUT2D eigenvalue weighted by atomic mass is 10.1. The van der Waals surface area contributed by atoms with E-state index in [9.17, 15) is 4.39 Å². The van der Waals surface area contributed by atoms with Crippen molar-refractivity contribution in [2.24, 2.45) is 0 Å². The number of benzene rings is 2. The summed E-state index contributed by atoms with van der Waals surface area (Å²) in [6, 6.07) is 12.2. The standard InChI is InChI=1S/C16H15FN2O/c1-11-7-12(3-6-16(11)20-2)10-19-14-4-5-15(17)13(8-14)9-18/h3-8,19H,10H2,1-2H3. The molecule has 1 N–H and O–H groups in total. The summed E-state index contributed by atoms with van der Waals surface area (Å²) in [4.78, 5) is 0. The first-order valence-electron chi connectivity index (χ1n) is 6.21. The van der Waals surface area contributed by atoms with Gasteiger partial charge in [-0.2, -0.15) is 5.26 Å². The number of hydrogen-bond donors (Lipinski definition) is 1. The van der Waals surface area contributed by atoms with E-state index >= 15 is 0 Å². The molecule has 20 heavy (non-hydrogen) atoms. The fourth-order valence-electron chi connectivity index (χ4n) is 1.98. The molecule has 0 unspecified atom stereocenters. The number of nitrogens with zero attached hydrogens (tertiary/aromatic N) is 1. The summed E-state index contributed by atoms with van der Waals surface area (Å²) in [6.07, 6.45) is 0. The molecular weight excluding hydrogens is 255 g/mol. The smallest absolute Gasteiger partial charge is 0.141 e. The Labute approximate surface area is 117 Å². The molecular formula is C16H15FN2O. The Morgan fingerprint density at radius 1 is 1.25 bits per heavy atom. The molecule has 0 bridgehead atoms. The molecule has 0 saturated carbocycles. The first-order chi connectivity index (χ1) is 9.63. The van der Waals surface area contributed by atoms with Crippen molar-refractivity contribution in [3.05, 3.63) is 58.9 Å². The minimum absolute atomic E-state index is 0.0425. The number of methoxy groups -OCH3 is 1. The van der Waals surface area contributed by atoms with Gasteiger partial charge in [-0.1, -0.05) is 12.1 Å². The number of nitriles is 1. The predicted octanol–water partition coefficient (Wildman–Crippen LogP) is 3.63. The molecule has 0 radical (unpaired) electrons. The highest BCUT2D eigenvalue weighted by atomic mass is 19.1. The Bertz CT molecular complexity index is 662. The van der Waals surface area contributed by atoms with Crippen LogP contribution in [0.2, 0.25) is 0 Å². The van der Waals surface area contributed by atoms with E-state index in [0.717, 1.165) is 22.6 Å². The van der Waals surface area contributed by atoms with Gasteiger partial charge in [0.2, 0.25) is 0 Å². The van der Waals surface area contributed by atoms with Crippen LogP contribution in [0.4, 0.5) is 10.1 Å². The highest BCUT2D eigenvalue weighted by molar-refractivity contribution is 5.50. The van der Waals surface area contributed by atoms with E-state index in [4.69, 9.17) is 10.00 Å². The molecule has 3 nitrogen and oxygen atoms in total. The fourth-order valence-corrected chi connectivity index (χ4v) is 1.98. The van der Waals surface area contributed by atoms with Crippen molar-refractivity contribution in [1.29, 1.82) is 5.26 Å². The lowest BCUT2D eigenvalue weighted by molar-refractivity contribution is 0.411. The second kappa shape index (κ2) is 6.07. The molecule has 2 aromatic carbocycles. The van der Waals surface area contributed by atoms with E-state index in [0.29, 0.717) is 6.54 Å². The van der Waals surface area contributed by atoms with Gasteiger partial charge < -0.3 is 10.1 Å². The van der Waals surface area contributed by atoms with Crippen LogP contribution in [0.5, 0.6) is 5.75 Å². The molecule has 0 atom stereocenters. The van der Waals surface area contributed by atoms with Gasteiger partial charge in [-0.05, 0) is 42.3 Å². The quantitative estimate of drug-likeness (QED) is 0.922. The van der Waals surface area contributed by atoms with Crippen molar-refractivity contribution in [2.75, 3.05) is 12.4 Å². The minimum Gasteiger partial charge on any atom is -0.496 e. The maximum Gasteiger partial charge on any atom is 0.141 e. The van der Waals surface area contributed by atoms with Crippen LogP contribution in [0.1, 0.15) is 16.7 Å². The van der Waals surface area contributed by atoms with Crippen molar-refractivity contribution in [2.45, 2.75) is 13.5 Å². The van der Waals surface area contributed by atoms with Crippen molar-refractivity contribution in [1.82, 2.24) is 0 Å². The summed E-state index contributed by atoms with van der Waals surface area (Å²) in [5.41, 5.74) is 2.91. The molecule has 0 saturated heterocycles.